The van der Waals surface area contributed by atoms with E-state index in [0.29, 0.717) is 58.1 Å². The molecule has 0 saturated heterocycles. The van der Waals surface area contributed by atoms with Crippen LogP contribution in [0.25, 0.3) is 99.9 Å². The van der Waals surface area contributed by atoms with Crippen LogP contribution in [-0.4, -0.2) is 99.1 Å². The molecule has 0 aliphatic heterocycles. The Morgan fingerprint density at radius 2 is 0.750 bits per heavy atom. The number of pyridine rings is 5. The van der Waals surface area contributed by atoms with Gasteiger partial charge in [-0.3, -0.25) is 14.8 Å². The van der Waals surface area contributed by atoms with Gasteiger partial charge in [-0.25, -0.2) is 54.8 Å². The fourth-order valence-electron chi connectivity index (χ4n) is 11.5. The third-order valence-electron chi connectivity index (χ3n) is 16.9. The van der Waals surface area contributed by atoms with Crippen LogP contribution in [0.5, 0.6) is 23.0 Å². The van der Waals surface area contributed by atoms with Gasteiger partial charge in [-0.1, -0.05) is 127 Å². The number of aromatic nitrogens is 13. The van der Waals surface area contributed by atoms with Gasteiger partial charge in [-0.2, -0.15) is 0 Å². The lowest BCUT2D eigenvalue weighted by Gasteiger charge is -2.13. The molecule has 0 fully saturated rings. The maximum atomic E-state index is 11.8. The van der Waals surface area contributed by atoms with Crippen LogP contribution >= 0.6 is 0 Å². The highest BCUT2D eigenvalue weighted by Gasteiger charge is 2.19. The summed E-state index contributed by atoms with van der Waals surface area (Å²) in [6.45, 7) is 2.00. The molecule has 6 N–H and O–H groups in total. The lowest BCUT2D eigenvalue weighted by Crippen LogP contribution is -2.14. The second-order valence-electron chi connectivity index (χ2n) is 24.1. The molecular weight excluding hydrogens is 1350 g/mol. The van der Waals surface area contributed by atoms with Crippen LogP contribution in [0.4, 0.5) is 46.4 Å². The quantitative estimate of drug-likeness (QED) is 0.0566. The van der Waals surface area contributed by atoms with E-state index in [9.17, 15) is 4.79 Å². The lowest BCUT2D eigenvalue weighted by atomic mass is 10.1. The van der Waals surface area contributed by atoms with Crippen molar-refractivity contribution in [1.82, 2.24) is 64.8 Å². The number of amides is 1. The van der Waals surface area contributed by atoms with Crippen LogP contribution < -0.4 is 45.9 Å². The van der Waals surface area contributed by atoms with Crippen molar-refractivity contribution in [2.75, 3.05) is 49.7 Å². The van der Waals surface area contributed by atoms with Gasteiger partial charge >= 0.3 is 0 Å². The zero-order valence-corrected chi connectivity index (χ0v) is 59.1. The van der Waals surface area contributed by atoms with Crippen molar-refractivity contribution < 1.29 is 23.7 Å². The number of carbonyl (C=O) groups excluding carboxylic acids is 1. The number of fused-ring (bicyclic) bond motifs is 5. The summed E-state index contributed by atoms with van der Waals surface area (Å²) in [7, 11) is 6.53. The van der Waals surface area contributed by atoms with Crippen molar-refractivity contribution in [3.05, 3.63) is 297 Å². The number of methoxy groups -OCH3 is 4. The van der Waals surface area contributed by atoms with Gasteiger partial charge in [0.1, 0.15) is 63.7 Å². The van der Waals surface area contributed by atoms with Gasteiger partial charge in [0.25, 0.3) is 5.91 Å². The highest BCUT2D eigenvalue weighted by Crippen LogP contribution is 2.36. The molecule has 0 atom stereocenters. The normalized spacial score (nSPS) is 10.7. The molecule has 17 aromatic rings. The highest BCUT2D eigenvalue weighted by atomic mass is 16.5. The average Bonchev–Trinajstić information content (AvgIpc) is 0.747. The summed E-state index contributed by atoms with van der Waals surface area (Å²) in [6, 6.07) is 77.2. The average molecular weight is 1420 g/mol. The van der Waals surface area contributed by atoms with Crippen LogP contribution in [0.1, 0.15) is 15.9 Å². The number of aryl methyl sites for hydroxylation is 1. The second kappa shape index (κ2) is 33.0. The largest absolute Gasteiger partial charge is 0.497 e. The third-order valence-corrected chi connectivity index (χ3v) is 16.9. The van der Waals surface area contributed by atoms with Crippen molar-refractivity contribution in [3.63, 3.8) is 0 Å². The van der Waals surface area contributed by atoms with Crippen LogP contribution in [-0.2, 0) is 0 Å². The number of rotatable bonds is 17. The Morgan fingerprint density at radius 1 is 0.324 bits per heavy atom. The third kappa shape index (κ3) is 16.6. The molecule has 1 amide bonds. The molecule has 17 rings (SSSR count). The first kappa shape index (κ1) is 70.1. The lowest BCUT2D eigenvalue weighted by molar-refractivity contribution is 0.100. The minimum atomic E-state index is -0.574. The minimum absolute atomic E-state index is 0.276. The molecule has 0 bridgehead atoms. The predicted molar refractivity (Wildman–Crippen MR) is 425 cm³/mol. The van der Waals surface area contributed by atoms with Crippen LogP contribution in [0, 0.1) is 6.92 Å². The van der Waals surface area contributed by atoms with E-state index < -0.39 is 5.91 Å². The van der Waals surface area contributed by atoms with Crippen molar-refractivity contribution >= 4 is 107 Å². The number of nitrogens with two attached hydrogens (primary N) is 1. The number of hydrogen-bond acceptors (Lipinski definition) is 22. The summed E-state index contributed by atoms with van der Waals surface area (Å²) in [5.41, 5.74) is 14.6. The van der Waals surface area contributed by atoms with Gasteiger partial charge in [-0.15, -0.1) is 0 Å². The van der Waals surface area contributed by atoms with E-state index in [-0.39, 0.29) is 5.56 Å². The predicted octanol–water partition coefficient (Wildman–Crippen LogP) is 17.7. The molecule has 9 aromatic heterocycles. The Morgan fingerprint density at radius 3 is 1.19 bits per heavy atom. The van der Waals surface area contributed by atoms with E-state index in [2.05, 4.69) is 67.2 Å². The summed E-state index contributed by atoms with van der Waals surface area (Å²) in [5, 5.41) is 18.7. The van der Waals surface area contributed by atoms with E-state index in [0.717, 1.165) is 117 Å². The smallest absolute Gasteiger partial charge is 0.252 e. The molecule has 0 aliphatic carbocycles. The van der Waals surface area contributed by atoms with Gasteiger partial charge in [0.15, 0.2) is 23.3 Å². The number of nitrogens with zero attached hydrogens (tertiary/aromatic N) is 13. The summed E-state index contributed by atoms with van der Waals surface area (Å²) >= 11 is 0. The fourth-order valence-corrected chi connectivity index (χ4v) is 11.5. The van der Waals surface area contributed by atoms with Gasteiger partial charge in [0.2, 0.25) is 0 Å². The molecule has 0 aliphatic rings. The van der Waals surface area contributed by atoms with Crippen molar-refractivity contribution in [1.29, 1.82) is 0 Å². The van der Waals surface area contributed by atoms with E-state index >= 15 is 0 Å². The second-order valence-corrected chi connectivity index (χ2v) is 24.1. The van der Waals surface area contributed by atoms with Crippen molar-refractivity contribution in [2.45, 2.75) is 6.92 Å². The number of primary amides is 1. The van der Waals surface area contributed by atoms with E-state index in [1.807, 2.05) is 250 Å². The zero-order valence-electron chi connectivity index (χ0n) is 59.1. The maximum absolute atomic E-state index is 11.8. The van der Waals surface area contributed by atoms with Crippen LogP contribution in [0.2, 0.25) is 0 Å². The Hall–Kier alpha value is -15.0. The number of nitrogens with one attached hydrogen (secondary N) is 4. The van der Waals surface area contributed by atoms with Gasteiger partial charge in [0, 0.05) is 91.8 Å². The van der Waals surface area contributed by atoms with Crippen LogP contribution in [0.15, 0.2) is 286 Å². The molecule has 23 heteroatoms. The number of carbonyl (C=O) groups is 1. The summed E-state index contributed by atoms with van der Waals surface area (Å²) in [4.78, 5) is 71.0. The molecule has 23 nitrogen and oxygen atoms in total. The van der Waals surface area contributed by atoms with E-state index in [1.54, 1.807) is 65.4 Å². The molecule has 108 heavy (non-hydrogen) atoms. The number of benzene rings is 8. The Labute approximate surface area is 620 Å². The standard InChI is InChI=1S/C24H18N4O.C21H17N5O2.C20H17N5O.C20H16N4O/c1-29-18-11-12-21-20(13-18)24(28-23(26-21)16-7-3-2-4-8-16)27-22-15-25-14-17-9-5-6-10-19(17)22;1-28-14-9-10-17-16(12-14)21(25-19(24-17)13-6-3-2-4-7-13)26-20-15(18(22)27)8-5-11-23-20;1-13-5-8-18(22-11-13)24-20-16-10-15(26-2)6-7-17(16)23-19(25-20)14-4-3-9-21-12-14;1-25-15-10-11-17-16(13-15)20(23-18-9-5-6-12-21-18)24-19(22-17)14-7-3-2-4-8-14/h2-15H,1H3,(H,26,27,28);2-12H,1H3,(H2,22,27)(H,23,24,25,26);3-12H,1-2H3,(H,22,23,24,25);2-13H,1H3,(H,21,22,23,24). The number of hydrogen-bond donors (Lipinski definition) is 5. The van der Waals surface area contributed by atoms with Crippen molar-refractivity contribution in [2.24, 2.45) is 5.73 Å². The summed E-state index contributed by atoms with van der Waals surface area (Å²) < 4.78 is 21.4. The Bertz CT molecular complexity index is 6000. The Balaban J connectivity index is 0.000000121. The topological polar surface area (TPSA) is 296 Å². The SMILES string of the molecule is COc1ccc2nc(-c3ccccc3)nc(Nc3ccccn3)c2c1.COc1ccc2nc(-c3ccccc3)nc(Nc3cncc4ccccc34)c2c1.COc1ccc2nc(-c3ccccc3)nc(Nc3ncccc3C(N)=O)c2c1.COc1ccc2nc(-c3cccnc3)nc(Nc3ccc(C)cn3)c2c1. The Kier molecular flexibility index (Phi) is 21.4. The van der Waals surface area contributed by atoms with Gasteiger partial charge < -0.3 is 45.9 Å². The molecule has 528 valence electrons. The van der Waals surface area contributed by atoms with Crippen molar-refractivity contribution in [3.8, 4) is 68.5 Å². The molecule has 0 radical (unpaired) electrons. The van der Waals surface area contributed by atoms with Gasteiger partial charge in [0.05, 0.1) is 68.0 Å². The molecule has 0 saturated carbocycles. The molecule has 8 aromatic carbocycles. The molecular formula is C85H68N18O5. The van der Waals surface area contributed by atoms with E-state index in [1.165, 1.54) is 0 Å². The first-order valence-electron chi connectivity index (χ1n) is 34.0. The number of anilines is 8. The summed E-state index contributed by atoms with van der Waals surface area (Å²) in [5.74, 6) is 9.20. The fraction of sp³-hybridized carbons (Fsp3) is 0.0588. The zero-order chi connectivity index (χ0) is 74.1. The maximum Gasteiger partial charge on any atom is 0.252 e. The number of ether oxygens (including phenoxy) is 4. The molecule has 0 unspecified atom stereocenters. The summed E-state index contributed by atoms with van der Waals surface area (Å²) in [6.07, 6.45) is 12.3. The first-order chi connectivity index (χ1) is 53.0. The van der Waals surface area contributed by atoms with Crippen LogP contribution in [0.3, 0.4) is 0 Å². The first-order valence-corrected chi connectivity index (χ1v) is 34.0. The highest BCUT2D eigenvalue weighted by molar-refractivity contribution is 6.02. The minimum Gasteiger partial charge on any atom is -0.497 e. The molecule has 9 heterocycles. The van der Waals surface area contributed by atoms with E-state index in [4.69, 9.17) is 49.6 Å². The molecule has 0 spiro atoms. The van der Waals surface area contributed by atoms with Gasteiger partial charge in [-0.05, 0) is 128 Å². The monoisotopic (exact) mass is 1420 g/mol.